The molecule has 0 aromatic rings. The van der Waals surface area contributed by atoms with Gasteiger partial charge in [0.1, 0.15) is 6.04 Å². The third-order valence-electron chi connectivity index (χ3n) is 6.24. The second kappa shape index (κ2) is 15.9. The molecule has 0 aromatic heterocycles. The second-order valence-electron chi connectivity index (χ2n) is 9.87. The number of rotatable bonds is 16. The van der Waals surface area contributed by atoms with Gasteiger partial charge in [0.15, 0.2) is 0 Å². The molecule has 0 saturated carbocycles. The van der Waals surface area contributed by atoms with E-state index in [9.17, 15) is 28.8 Å². The second-order valence-corrected chi connectivity index (χ2v) is 9.87. The number of hydrogen-bond acceptors (Lipinski definition) is 6. The molecule has 6 amide bonds. The largest absolute Gasteiger partial charge is 0.354 e. The van der Waals surface area contributed by atoms with E-state index in [0.717, 1.165) is 6.42 Å². The summed E-state index contributed by atoms with van der Waals surface area (Å²) in [6.45, 7) is 9.84. The third kappa shape index (κ3) is 11.2. The summed E-state index contributed by atoms with van der Waals surface area (Å²) in [5.41, 5.74) is 0. The van der Waals surface area contributed by atoms with Crippen LogP contribution in [0.1, 0.15) is 73.1 Å². The Morgan fingerprint density at radius 2 is 1.56 bits per heavy atom. The van der Waals surface area contributed by atoms with E-state index in [1.165, 1.54) is 11.8 Å². The molecule has 36 heavy (non-hydrogen) atoms. The molecule has 11 nitrogen and oxygen atoms in total. The maximum absolute atomic E-state index is 12.4. The number of imide groups is 1. The highest BCUT2D eigenvalue weighted by atomic mass is 16.2. The van der Waals surface area contributed by atoms with Crippen LogP contribution < -0.4 is 21.3 Å². The topological polar surface area (TPSA) is 154 Å². The van der Waals surface area contributed by atoms with Gasteiger partial charge >= 0.3 is 0 Å². The van der Waals surface area contributed by atoms with Crippen LogP contribution in [0.4, 0.5) is 0 Å². The van der Waals surface area contributed by atoms with Gasteiger partial charge in [-0.1, -0.05) is 40.5 Å². The number of nitrogens with zero attached hydrogens (tertiary/aromatic N) is 1. The van der Waals surface area contributed by atoms with Gasteiger partial charge in [0.2, 0.25) is 35.4 Å². The van der Waals surface area contributed by atoms with Crippen molar-refractivity contribution >= 4 is 35.4 Å². The fourth-order valence-electron chi connectivity index (χ4n) is 3.73. The first kappa shape index (κ1) is 31.1. The Labute approximate surface area is 213 Å². The van der Waals surface area contributed by atoms with E-state index in [-0.39, 0.29) is 61.4 Å². The molecule has 1 aliphatic rings. The van der Waals surface area contributed by atoms with Crippen molar-refractivity contribution in [3.05, 3.63) is 0 Å². The standard InChI is InChI=1S/C25H43N5O6/c1-6-17(4)19-12-23(34)30(25(19)36)11-9-7-8-10-20(31)27-15-22(33)29-18(5)24(35)28-14-21(32)26-13-16(2)3/h16-19H,6-15H2,1-5H3,(H,26,32)(H,27,31)(H,28,35)(H,29,33)/t17?,18-,19?/m0/s1. The first-order valence-corrected chi connectivity index (χ1v) is 12.9. The molecule has 0 aromatic carbocycles. The van der Waals surface area contributed by atoms with Crippen LogP contribution >= 0.6 is 0 Å². The van der Waals surface area contributed by atoms with Crippen molar-refractivity contribution in [2.24, 2.45) is 17.8 Å². The molecule has 0 bridgehead atoms. The summed E-state index contributed by atoms with van der Waals surface area (Å²) >= 11 is 0. The summed E-state index contributed by atoms with van der Waals surface area (Å²) in [5.74, 6) is -1.57. The molecular weight excluding hydrogens is 466 g/mol. The van der Waals surface area contributed by atoms with Gasteiger partial charge in [-0.05, 0) is 31.6 Å². The molecule has 1 saturated heterocycles. The van der Waals surface area contributed by atoms with Crippen LogP contribution in [-0.4, -0.2) is 72.6 Å². The fourth-order valence-corrected chi connectivity index (χ4v) is 3.73. The highest BCUT2D eigenvalue weighted by Gasteiger charge is 2.40. The Morgan fingerprint density at radius 3 is 2.19 bits per heavy atom. The van der Waals surface area contributed by atoms with Crippen molar-refractivity contribution in [2.75, 3.05) is 26.2 Å². The SMILES string of the molecule is CCC(C)C1CC(=O)N(CCCCCC(=O)NCC(=O)N[C@@H](C)C(=O)NCC(=O)NCC(C)C)C1=O. The minimum absolute atomic E-state index is 0.0876. The summed E-state index contributed by atoms with van der Waals surface area (Å²) < 4.78 is 0. The minimum Gasteiger partial charge on any atom is -0.354 e. The number of unbranched alkanes of at least 4 members (excludes halogenated alkanes) is 2. The van der Waals surface area contributed by atoms with E-state index < -0.39 is 17.9 Å². The lowest BCUT2D eigenvalue weighted by Gasteiger charge is -2.17. The van der Waals surface area contributed by atoms with Gasteiger partial charge in [-0.2, -0.15) is 0 Å². The summed E-state index contributed by atoms with van der Waals surface area (Å²) in [6, 6.07) is -0.858. The Kier molecular flexibility index (Phi) is 13.7. The van der Waals surface area contributed by atoms with Crippen LogP contribution in [0, 0.1) is 17.8 Å². The molecule has 4 N–H and O–H groups in total. The van der Waals surface area contributed by atoms with Crippen LogP contribution in [0.2, 0.25) is 0 Å². The predicted molar refractivity (Wildman–Crippen MR) is 134 cm³/mol. The lowest BCUT2D eigenvalue weighted by Crippen LogP contribution is -2.49. The zero-order valence-electron chi connectivity index (χ0n) is 22.3. The van der Waals surface area contributed by atoms with Crippen LogP contribution in [0.15, 0.2) is 0 Å². The molecule has 0 radical (unpaired) electrons. The Hall–Kier alpha value is -2.98. The molecule has 0 spiro atoms. The van der Waals surface area contributed by atoms with Gasteiger partial charge in [-0.3, -0.25) is 33.7 Å². The highest BCUT2D eigenvalue weighted by molar-refractivity contribution is 6.03. The Bertz CT molecular complexity index is 800. The smallest absolute Gasteiger partial charge is 0.242 e. The highest BCUT2D eigenvalue weighted by Crippen LogP contribution is 2.28. The summed E-state index contributed by atoms with van der Waals surface area (Å²) in [7, 11) is 0. The molecule has 11 heteroatoms. The van der Waals surface area contributed by atoms with Gasteiger partial charge < -0.3 is 21.3 Å². The van der Waals surface area contributed by atoms with E-state index in [0.29, 0.717) is 38.3 Å². The Balaban J connectivity index is 2.18. The van der Waals surface area contributed by atoms with Gasteiger partial charge in [0.25, 0.3) is 0 Å². The molecule has 1 fully saturated rings. The molecule has 204 valence electrons. The van der Waals surface area contributed by atoms with Crippen molar-refractivity contribution < 1.29 is 28.8 Å². The predicted octanol–water partition coefficient (Wildman–Crippen LogP) is 0.477. The summed E-state index contributed by atoms with van der Waals surface area (Å²) in [4.78, 5) is 73.6. The molecule has 1 rings (SSSR count). The molecule has 3 atom stereocenters. The molecule has 1 aliphatic heterocycles. The van der Waals surface area contributed by atoms with Gasteiger partial charge in [-0.25, -0.2) is 0 Å². The van der Waals surface area contributed by atoms with Crippen LogP contribution in [-0.2, 0) is 28.8 Å². The number of hydrogen-bond donors (Lipinski definition) is 4. The quantitative estimate of drug-likeness (QED) is 0.175. The first-order chi connectivity index (χ1) is 17.0. The lowest BCUT2D eigenvalue weighted by atomic mass is 9.90. The lowest BCUT2D eigenvalue weighted by molar-refractivity contribution is -0.140. The number of carbonyl (C=O) groups excluding carboxylic acids is 6. The van der Waals surface area contributed by atoms with Gasteiger partial charge in [0.05, 0.1) is 13.1 Å². The van der Waals surface area contributed by atoms with Crippen molar-refractivity contribution in [3.8, 4) is 0 Å². The molecule has 2 unspecified atom stereocenters. The van der Waals surface area contributed by atoms with Crippen LogP contribution in [0.25, 0.3) is 0 Å². The normalized spacial score (nSPS) is 17.1. The average molecular weight is 510 g/mol. The molecule has 1 heterocycles. The van der Waals surface area contributed by atoms with Crippen molar-refractivity contribution in [2.45, 2.75) is 79.2 Å². The number of likely N-dealkylation sites (tertiary alicyclic amines) is 1. The summed E-state index contributed by atoms with van der Waals surface area (Å²) in [6.07, 6.45) is 3.22. The van der Waals surface area contributed by atoms with E-state index in [1.54, 1.807) is 0 Å². The first-order valence-electron chi connectivity index (χ1n) is 12.9. The average Bonchev–Trinajstić information content (AvgIpc) is 3.12. The number of nitrogens with one attached hydrogen (secondary N) is 4. The van der Waals surface area contributed by atoms with Crippen LogP contribution in [0.5, 0.6) is 0 Å². The Morgan fingerprint density at radius 1 is 0.889 bits per heavy atom. The molecular formula is C25H43N5O6. The van der Waals surface area contributed by atoms with E-state index in [2.05, 4.69) is 21.3 Å². The van der Waals surface area contributed by atoms with Crippen molar-refractivity contribution in [1.29, 1.82) is 0 Å². The van der Waals surface area contributed by atoms with E-state index in [1.807, 2.05) is 27.7 Å². The van der Waals surface area contributed by atoms with Gasteiger partial charge in [-0.15, -0.1) is 0 Å². The zero-order chi connectivity index (χ0) is 27.3. The van der Waals surface area contributed by atoms with E-state index >= 15 is 0 Å². The number of carbonyl (C=O) groups is 6. The molecule has 0 aliphatic carbocycles. The van der Waals surface area contributed by atoms with Crippen LogP contribution in [0.3, 0.4) is 0 Å². The van der Waals surface area contributed by atoms with Crippen molar-refractivity contribution in [3.63, 3.8) is 0 Å². The third-order valence-corrected chi connectivity index (χ3v) is 6.24. The monoisotopic (exact) mass is 509 g/mol. The van der Waals surface area contributed by atoms with Gasteiger partial charge in [0, 0.05) is 31.8 Å². The fraction of sp³-hybridized carbons (Fsp3) is 0.760. The maximum atomic E-state index is 12.4. The number of amides is 6. The maximum Gasteiger partial charge on any atom is 0.242 e. The van der Waals surface area contributed by atoms with Crippen molar-refractivity contribution in [1.82, 2.24) is 26.2 Å². The minimum atomic E-state index is -0.858. The summed E-state index contributed by atoms with van der Waals surface area (Å²) in [5, 5.41) is 10.1. The zero-order valence-corrected chi connectivity index (χ0v) is 22.3. The van der Waals surface area contributed by atoms with E-state index in [4.69, 9.17) is 0 Å².